The number of benzene rings is 1. The lowest BCUT2D eigenvalue weighted by Gasteiger charge is -2.08. The summed E-state index contributed by atoms with van der Waals surface area (Å²) in [6, 6.07) is 1.66. The summed E-state index contributed by atoms with van der Waals surface area (Å²) in [6.45, 7) is 0.749. The molecule has 0 saturated carbocycles. The third-order valence-corrected chi connectivity index (χ3v) is 2.61. The molecule has 1 aromatic heterocycles. The maximum absolute atomic E-state index is 13.6. The van der Waals surface area contributed by atoms with Crippen LogP contribution in [0.1, 0.15) is 6.42 Å². The minimum Gasteiger partial charge on any atom is -0.377 e. The van der Waals surface area contributed by atoms with E-state index in [9.17, 15) is 18.9 Å². The molecule has 0 bridgehead atoms. The van der Waals surface area contributed by atoms with Crippen molar-refractivity contribution >= 4 is 11.4 Å². The number of nitro benzene ring substituents is 1. The van der Waals surface area contributed by atoms with Gasteiger partial charge in [0.05, 0.1) is 11.1 Å². The highest BCUT2D eigenvalue weighted by molar-refractivity contribution is 5.62. The van der Waals surface area contributed by atoms with Crippen LogP contribution in [0.5, 0.6) is 0 Å². The third kappa shape index (κ3) is 3.05. The Kier molecular flexibility index (Phi) is 4.18. The van der Waals surface area contributed by atoms with E-state index >= 15 is 0 Å². The van der Waals surface area contributed by atoms with E-state index in [1.165, 1.54) is 6.20 Å². The second kappa shape index (κ2) is 6.04. The highest BCUT2D eigenvalue weighted by Crippen LogP contribution is 2.28. The number of nitrogens with zero attached hydrogens (tertiary/aromatic N) is 4. The molecule has 0 atom stereocenters. The first-order valence-corrected chi connectivity index (χ1v) is 5.80. The summed E-state index contributed by atoms with van der Waals surface area (Å²) >= 11 is 0. The zero-order valence-corrected chi connectivity index (χ0v) is 10.3. The minimum atomic E-state index is -1.25. The number of hydrogen-bond donors (Lipinski definition) is 1. The van der Waals surface area contributed by atoms with Crippen molar-refractivity contribution in [2.45, 2.75) is 13.0 Å². The van der Waals surface area contributed by atoms with E-state index in [4.69, 9.17) is 0 Å². The Balaban J connectivity index is 2.01. The van der Waals surface area contributed by atoms with Crippen LogP contribution >= 0.6 is 0 Å². The average Bonchev–Trinajstić information content (AvgIpc) is 2.92. The Morgan fingerprint density at radius 1 is 1.40 bits per heavy atom. The summed E-state index contributed by atoms with van der Waals surface area (Å²) in [5, 5.41) is 20.7. The lowest BCUT2D eigenvalue weighted by molar-refractivity contribution is -0.384. The first-order chi connectivity index (χ1) is 9.59. The molecule has 9 heteroatoms. The first kappa shape index (κ1) is 13.8. The summed E-state index contributed by atoms with van der Waals surface area (Å²) in [4.78, 5) is 10.00. The molecule has 106 valence electrons. The quantitative estimate of drug-likeness (QED) is 0.497. The van der Waals surface area contributed by atoms with Crippen LogP contribution in [0.2, 0.25) is 0 Å². The Bertz CT molecular complexity index is 603. The van der Waals surface area contributed by atoms with Gasteiger partial charge < -0.3 is 5.32 Å². The van der Waals surface area contributed by atoms with E-state index in [1.54, 1.807) is 10.9 Å². The van der Waals surface area contributed by atoms with Crippen molar-refractivity contribution in [1.82, 2.24) is 15.0 Å². The zero-order chi connectivity index (χ0) is 14.5. The van der Waals surface area contributed by atoms with Crippen molar-refractivity contribution in [2.24, 2.45) is 0 Å². The molecule has 20 heavy (non-hydrogen) atoms. The fraction of sp³-hybridized carbons (Fsp3) is 0.273. The van der Waals surface area contributed by atoms with Gasteiger partial charge in [-0.05, 0) is 12.5 Å². The number of hydrogen-bond acceptors (Lipinski definition) is 5. The van der Waals surface area contributed by atoms with E-state index in [-0.39, 0.29) is 6.54 Å². The number of nitro groups is 1. The van der Waals surface area contributed by atoms with Gasteiger partial charge in [-0.3, -0.25) is 14.8 Å². The number of aromatic nitrogens is 3. The molecule has 0 spiro atoms. The van der Waals surface area contributed by atoms with Gasteiger partial charge in [-0.2, -0.15) is 0 Å². The predicted molar refractivity (Wildman–Crippen MR) is 66.1 cm³/mol. The predicted octanol–water partition coefficient (Wildman–Crippen LogP) is 1.97. The Hall–Kier alpha value is -2.58. The lowest BCUT2D eigenvalue weighted by Crippen LogP contribution is -2.10. The fourth-order valence-electron chi connectivity index (χ4n) is 1.67. The summed E-state index contributed by atoms with van der Waals surface area (Å²) in [5.41, 5.74) is -0.932. The molecule has 7 nitrogen and oxygen atoms in total. The lowest BCUT2D eigenvalue weighted by atomic mass is 10.2. The van der Waals surface area contributed by atoms with Crippen molar-refractivity contribution in [1.29, 1.82) is 0 Å². The molecule has 1 aromatic carbocycles. The molecule has 0 aliphatic heterocycles. The summed E-state index contributed by atoms with van der Waals surface area (Å²) in [6.07, 6.45) is 3.70. The summed E-state index contributed by atoms with van der Waals surface area (Å²) < 4.78 is 28.2. The van der Waals surface area contributed by atoms with Gasteiger partial charge in [0.1, 0.15) is 0 Å². The number of aryl methyl sites for hydroxylation is 1. The Labute approximate surface area is 112 Å². The van der Waals surface area contributed by atoms with Crippen LogP contribution < -0.4 is 5.32 Å². The van der Waals surface area contributed by atoms with Gasteiger partial charge in [0.25, 0.3) is 5.69 Å². The molecule has 2 aromatic rings. The minimum absolute atomic E-state index is 0.237. The maximum atomic E-state index is 13.6. The first-order valence-electron chi connectivity index (χ1n) is 5.80. The Morgan fingerprint density at radius 3 is 2.85 bits per heavy atom. The highest BCUT2D eigenvalue weighted by atomic mass is 19.2. The molecule has 1 heterocycles. The summed E-state index contributed by atoms with van der Waals surface area (Å²) in [5.74, 6) is -2.38. The third-order valence-electron chi connectivity index (χ3n) is 2.61. The van der Waals surface area contributed by atoms with E-state index in [0.717, 1.165) is 12.1 Å². The van der Waals surface area contributed by atoms with Gasteiger partial charge in [0.2, 0.25) is 0 Å². The van der Waals surface area contributed by atoms with Gasteiger partial charge >= 0.3 is 0 Å². The number of nitrogens with one attached hydrogen (secondary N) is 1. The largest absolute Gasteiger partial charge is 0.377 e. The van der Waals surface area contributed by atoms with E-state index in [2.05, 4.69) is 15.6 Å². The fourth-order valence-corrected chi connectivity index (χ4v) is 1.67. The number of anilines is 1. The van der Waals surface area contributed by atoms with E-state index in [0.29, 0.717) is 13.0 Å². The molecule has 1 N–H and O–H groups in total. The summed E-state index contributed by atoms with van der Waals surface area (Å²) in [7, 11) is 0. The molecule has 0 fully saturated rings. The normalized spacial score (nSPS) is 10.5. The maximum Gasteiger partial charge on any atom is 0.295 e. The van der Waals surface area contributed by atoms with Crippen LogP contribution in [0, 0.1) is 21.7 Å². The van der Waals surface area contributed by atoms with Crippen molar-refractivity contribution in [2.75, 3.05) is 11.9 Å². The molecule has 2 rings (SSSR count). The van der Waals surface area contributed by atoms with Crippen LogP contribution in [-0.4, -0.2) is 26.5 Å². The van der Waals surface area contributed by atoms with Gasteiger partial charge in [0.15, 0.2) is 17.3 Å². The smallest absolute Gasteiger partial charge is 0.295 e. The van der Waals surface area contributed by atoms with Crippen LogP contribution in [0.25, 0.3) is 0 Å². The zero-order valence-electron chi connectivity index (χ0n) is 10.3. The van der Waals surface area contributed by atoms with Crippen LogP contribution in [0.4, 0.5) is 20.2 Å². The molecular formula is C11H11F2N5O2. The molecular weight excluding hydrogens is 272 g/mol. The second-order valence-corrected chi connectivity index (χ2v) is 3.96. The highest BCUT2D eigenvalue weighted by Gasteiger charge is 2.20. The van der Waals surface area contributed by atoms with E-state index in [1.807, 2.05) is 0 Å². The SMILES string of the molecule is O=[N+]([O-])c1ccc(F)c(F)c1NCCCn1ccnn1. The topological polar surface area (TPSA) is 85.9 Å². The van der Waals surface area contributed by atoms with Crippen molar-refractivity contribution < 1.29 is 13.7 Å². The van der Waals surface area contributed by atoms with Crippen molar-refractivity contribution in [3.63, 3.8) is 0 Å². The molecule has 0 unspecified atom stereocenters. The van der Waals surface area contributed by atoms with Crippen LogP contribution in [-0.2, 0) is 6.54 Å². The Morgan fingerprint density at radius 2 is 2.20 bits per heavy atom. The molecule has 0 amide bonds. The average molecular weight is 283 g/mol. The molecule has 0 aliphatic rings. The number of halogens is 2. The van der Waals surface area contributed by atoms with Crippen molar-refractivity contribution in [3.05, 3.63) is 46.3 Å². The molecule has 0 radical (unpaired) electrons. The van der Waals surface area contributed by atoms with Gasteiger partial charge in [-0.1, -0.05) is 5.21 Å². The van der Waals surface area contributed by atoms with Crippen LogP contribution in [0.3, 0.4) is 0 Å². The van der Waals surface area contributed by atoms with Gasteiger partial charge in [-0.15, -0.1) is 5.10 Å². The molecule has 0 aliphatic carbocycles. The monoisotopic (exact) mass is 283 g/mol. The van der Waals surface area contributed by atoms with Gasteiger partial charge in [-0.25, -0.2) is 8.78 Å². The number of rotatable bonds is 6. The standard InChI is InChI=1S/C11H11F2N5O2/c12-8-2-3-9(18(19)20)11(10(8)13)14-4-1-6-17-7-5-15-16-17/h2-3,5,7,14H,1,4,6H2. The molecule has 0 saturated heterocycles. The second-order valence-electron chi connectivity index (χ2n) is 3.96. The van der Waals surface area contributed by atoms with Crippen LogP contribution in [0.15, 0.2) is 24.5 Å². The van der Waals surface area contributed by atoms with Gasteiger partial charge in [0, 0.05) is 25.4 Å². The van der Waals surface area contributed by atoms with Crippen molar-refractivity contribution in [3.8, 4) is 0 Å². The van der Waals surface area contributed by atoms with E-state index < -0.39 is 27.9 Å².